The highest BCUT2D eigenvalue weighted by molar-refractivity contribution is 5.70. The summed E-state index contributed by atoms with van der Waals surface area (Å²) >= 11 is 0. The van der Waals surface area contributed by atoms with Gasteiger partial charge in [-0.1, -0.05) is 37.5 Å². The van der Waals surface area contributed by atoms with Gasteiger partial charge >= 0.3 is 5.97 Å². The van der Waals surface area contributed by atoms with E-state index in [1.54, 1.807) is 0 Å². The monoisotopic (exact) mass is 262 g/mol. The van der Waals surface area contributed by atoms with Gasteiger partial charge in [-0.25, -0.2) is 0 Å². The molecule has 1 atom stereocenters. The minimum Gasteiger partial charge on any atom is -0.492 e. The molecule has 0 spiro atoms. The van der Waals surface area contributed by atoms with Gasteiger partial charge in [0.1, 0.15) is 12.4 Å². The molecular weight excluding hydrogens is 240 g/mol. The van der Waals surface area contributed by atoms with Gasteiger partial charge in [-0.3, -0.25) is 4.79 Å². The lowest BCUT2D eigenvalue weighted by Gasteiger charge is -2.27. The third-order valence-corrected chi connectivity index (χ3v) is 4.05. The smallest absolute Gasteiger partial charge is 0.310 e. The van der Waals surface area contributed by atoms with Crippen molar-refractivity contribution in [2.45, 2.75) is 39.0 Å². The molecule has 2 rings (SSSR count). The Labute approximate surface area is 114 Å². The first-order valence-corrected chi connectivity index (χ1v) is 7.09. The summed E-state index contributed by atoms with van der Waals surface area (Å²) in [6.45, 7) is 2.26. The van der Waals surface area contributed by atoms with E-state index >= 15 is 0 Å². The van der Waals surface area contributed by atoms with E-state index in [2.05, 4.69) is 0 Å². The first kappa shape index (κ1) is 13.9. The summed E-state index contributed by atoms with van der Waals surface area (Å²) in [4.78, 5) is 11.4. The molecule has 1 aromatic rings. The fourth-order valence-corrected chi connectivity index (χ4v) is 2.84. The first-order valence-electron chi connectivity index (χ1n) is 7.09. The van der Waals surface area contributed by atoms with Crippen molar-refractivity contribution < 1.29 is 14.6 Å². The molecule has 3 heteroatoms. The second kappa shape index (κ2) is 6.60. The van der Waals surface area contributed by atoms with Crippen LogP contribution in [0.25, 0.3) is 0 Å². The number of benzene rings is 1. The molecule has 1 aliphatic rings. The number of aliphatic carboxylic acids is 1. The lowest BCUT2D eigenvalue weighted by atomic mass is 9.80. The molecule has 1 saturated carbocycles. The van der Waals surface area contributed by atoms with Crippen molar-refractivity contribution in [3.05, 3.63) is 29.8 Å². The number of para-hydroxylation sites is 1. The maximum absolute atomic E-state index is 11.4. The van der Waals surface area contributed by atoms with E-state index in [9.17, 15) is 9.90 Å². The van der Waals surface area contributed by atoms with Crippen molar-refractivity contribution in [1.29, 1.82) is 0 Å². The molecule has 1 fully saturated rings. The molecule has 104 valence electrons. The van der Waals surface area contributed by atoms with Crippen molar-refractivity contribution in [2.75, 3.05) is 6.61 Å². The van der Waals surface area contributed by atoms with Crippen molar-refractivity contribution in [3.8, 4) is 5.75 Å². The zero-order chi connectivity index (χ0) is 13.7. The number of carboxylic acid groups (broad SMARTS) is 1. The minimum absolute atomic E-state index is 0.273. The molecule has 0 aromatic heterocycles. The molecule has 1 aromatic carbocycles. The molecular formula is C16H22O3. The quantitative estimate of drug-likeness (QED) is 0.881. The lowest BCUT2D eigenvalue weighted by molar-refractivity contribution is -0.145. The van der Waals surface area contributed by atoms with Crippen LogP contribution in [0.15, 0.2) is 24.3 Å². The largest absolute Gasteiger partial charge is 0.492 e. The van der Waals surface area contributed by atoms with Crippen molar-refractivity contribution >= 4 is 5.97 Å². The molecule has 0 heterocycles. The Balaban J connectivity index is 1.97. The first-order chi connectivity index (χ1) is 9.18. The average Bonchev–Trinajstić information content (AvgIpc) is 2.42. The van der Waals surface area contributed by atoms with Gasteiger partial charge in [0, 0.05) is 0 Å². The van der Waals surface area contributed by atoms with Gasteiger partial charge < -0.3 is 9.84 Å². The molecule has 1 aliphatic carbocycles. The Morgan fingerprint density at radius 3 is 2.63 bits per heavy atom. The zero-order valence-electron chi connectivity index (χ0n) is 11.5. The summed E-state index contributed by atoms with van der Waals surface area (Å²) in [5.74, 6) is -0.0276. The summed E-state index contributed by atoms with van der Waals surface area (Å²) in [5, 5.41) is 9.39. The third-order valence-electron chi connectivity index (χ3n) is 4.05. The van der Waals surface area contributed by atoms with E-state index in [0.29, 0.717) is 0 Å². The molecule has 19 heavy (non-hydrogen) atoms. The summed E-state index contributed by atoms with van der Waals surface area (Å²) in [6, 6.07) is 7.75. The van der Waals surface area contributed by atoms with Crippen LogP contribution in [0.4, 0.5) is 0 Å². The van der Waals surface area contributed by atoms with Gasteiger partial charge in [-0.05, 0) is 37.3 Å². The van der Waals surface area contributed by atoms with Gasteiger partial charge in [0.05, 0.1) is 5.92 Å². The fraction of sp³-hybridized carbons (Fsp3) is 0.562. The fourth-order valence-electron chi connectivity index (χ4n) is 2.84. The Bertz CT molecular complexity index is 422. The van der Waals surface area contributed by atoms with E-state index in [1.807, 2.05) is 31.2 Å². The number of hydrogen-bond donors (Lipinski definition) is 1. The van der Waals surface area contributed by atoms with Gasteiger partial charge in [0.2, 0.25) is 0 Å². The van der Waals surface area contributed by atoms with Crippen LogP contribution < -0.4 is 4.74 Å². The number of carboxylic acids is 1. The standard InChI is InChI=1S/C16H22O3/c1-12-7-5-6-10-15(12)19-11-14(16(17)18)13-8-3-2-4-9-13/h5-7,10,13-14H,2-4,8-9,11H2,1H3,(H,17,18). The van der Waals surface area contributed by atoms with Crippen LogP contribution in [-0.4, -0.2) is 17.7 Å². The Morgan fingerprint density at radius 2 is 2.00 bits per heavy atom. The van der Waals surface area contributed by atoms with Gasteiger partial charge in [0.25, 0.3) is 0 Å². The van der Waals surface area contributed by atoms with Crippen molar-refractivity contribution in [2.24, 2.45) is 11.8 Å². The average molecular weight is 262 g/mol. The second-order valence-corrected chi connectivity index (χ2v) is 5.42. The maximum Gasteiger partial charge on any atom is 0.310 e. The molecule has 0 aliphatic heterocycles. The Hall–Kier alpha value is -1.51. The van der Waals surface area contributed by atoms with Crippen LogP contribution in [0.5, 0.6) is 5.75 Å². The van der Waals surface area contributed by atoms with Crippen LogP contribution in [0.2, 0.25) is 0 Å². The summed E-state index contributed by atoms with van der Waals surface area (Å²) in [6.07, 6.45) is 5.58. The van der Waals surface area contributed by atoms with Crippen molar-refractivity contribution in [1.82, 2.24) is 0 Å². The van der Waals surface area contributed by atoms with E-state index < -0.39 is 5.97 Å². The predicted octanol–water partition coefficient (Wildman–Crippen LogP) is 3.65. The van der Waals surface area contributed by atoms with Crippen LogP contribution in [0.1, 0.15) is 37.7 Å². The van der Waals surface area contributed by atoms with Crippen LogP contribution in [0, 0.1) is 18.8 Å². The van der Waals surface area contributed by atoms with Crippen LogP contribution in [-0.2, 0) is 4.79 Å². The van der Waals surface area contributed by atoms with Crippen molar-refractivity contribution in [3.63, 3.8) is 0 Å². The molecule has 1 N–H and O–H groups in total. The zero-order valence-corrected chi connectivity index (χ0v) is 11.5. The molecule has 0 bridgehead atoms. The maximum atomic E-state index is 11.4. The number of carbonyl (C=O) groups is 1. The van der Waals surface area contributed by atoms with Gasteiger partial charge in [0.15, 0.2) is 0 Å². The molecule has 0 amide bonds. The highest BCUT2D eigenvalue weighted by Gasteiger charge is 2.30. The molecule has 0 saturated heterocycles. The Morgan fingerprint density at radius 1 is 1.32 bits per heavy atom. The minimum atomic E-state index is -0.722. The molecule has 3 nitrogen and oxygen atoms in total. The SMILES string of the molecule is Cc1ccccc1OCC(C(=O)O)C1CCCCC1. The summed E-state index contributed by atoms with van der Waals surface area (Å²) in [5.41, 5.74) is 1.05. The third kappa shape index (κ3) is 3.72. The number of aryl methyl sites for hydroxylation is 1. The highest BCUT2D eigenvalue weighted by Crippen LogP contribution is 2.31. The van der Waals surface area contributed by atoms with Gasteiger partial charge in [-0.15, -0.1) is 0 Å². The van der Waals surface area contributed by atoms with E-state index in [-0.39, 0.29) is 18.4 Å². The topological polar surface area (TPSA) is 46.5 Å². The molecule has 0 radical (unpaired) electrons. The van der Waals surface area contributed by atoms with Gasteiger partial charge in [-0.2, -0.15) is 0 Å². The van der Waals surface area contributed by atoms with E-state index in [0.717, 1.165) is 37.0 Å². The highest BCUT2D eigenvalue weighted by atomic mass is 16.5. The second-order valence-electron chi connectivity index (χ2n) is 5.42. The lowest BCUT2D eigenvalue weighted by Crippen LogP contribution is -2.30. The van der Waals surface area contributed by atoms with E-state index in [4.69, 9.17) is 4.74 Å². The predicted molar refractivity (Wildman–Crippen MR) is 74.4 cm³/mol. The van der Waals surface area contributed by atoms with Crippen LogP contribution in [0.3, 0.4) is 0 Å². The Kier molecular flexibility index (Phi) is 4.83. The summed E-state index contributed by atoms with van der Waals surface area (Å²) in [7, 11) is 0. The van der Waals surface area contributed by atoms with E-state index in [1.165, 1.54) is 6.42 Å². The normalized spacial score (nSPS) is 17.9. The summed E-state index contributed by atoms with van der Waals surface area (Å²) < 4.78 is 5.73. The number of ether oxygens (including phenoxy) is 1. The number of rotatable bonds is 5. The number of hydrogen-bond acceptors (Lipinski definition) is 2. The van der Waals surface area contributed by atoms with Crippen LogP contribution >= 0.6 is 0 Å². The molecule has 1 unspecified atom stereocenters.